The average molecular weight is 742 g/mol. The number of rotatable bonds is 7. The van der Waals surface area contributed by atoms with Crippen LogP contribution in [0, 0.1) is 11.8 Å². The van der Waals surface area contributed by atoms with Gasteiger partial charge in [0, 0.05) is 49.8 Å². The number of thiocarbonyl (C=S) groups is 1. The number of hydrogen-bond acceptors (Lipinski definition) is 7. The number of pyridine rings is 1. The Kier molecular flexibility index (Phi) is 13.3. The molecule has 5 heterocycles. The van der Waals surface area contributed by atoms with Crippen LogP contribution in [0.15, 0.2) is 61.3 Å². The molecule has 1 aromatic heterocycles. The first-order chi connectivity index (χ1) is 24.2. The maximum Gasteiger partial charge on any atom is 0.416 e. The van der Waals surface area contributed by atoms with Crippen molar-refractivity contribution < 1.29 is 51.4 Å². The van der Waals surface area contributed by atoms with Gasteiger partial charge in [0.1, 0.15) is 11.8 Å². The number of carbonyl (C=O) groups is 1. The van der Waals surface area contributed by atoms with Gasteiger partial charge in [-0.2, -0.15) is 26.3 Å². The third kappa shape index (κ3) is 9.87. The molecule has 0 saturated carbocycles. The lowest BCUT2D eigenvalue weighted by atomic mass is 9.73. The van der Waals surface area contributed by atoms with E-state index in [4.69, 9.17) is 22.1 Å². The Morgan fingerprint density at radius 2 is 1.80 bits per heavy atom. The van der Waals surface area contributed by atoms with Crippen LogP contribution in [0.2, 0.25) is 0 Å². The first kappa shape index (κ1) is 39.8. The zero-order chi connectivity index (χ0) is 37.5. The number of piperidine rings is 3. The molecule has 0 amide bonds. The summed E-state index contributed by atoms with van der Waals surface area (Å²) < 4.78 is 86.0. The Hall–Kier alpha value is -3.99. The van der Waals surface area contributed by atoms with Crippen molar-refractivity contribution in [1.29, 1.82) is 0 Å². The fourth-order valence-corrected chi connectivity index (χ4v) is 7.22. The number of alkyl halides is 6. The van der Waals surface area contributed by atoms with Gasteiger partial charge in [0.05, 0.1) is 42.3 Å². The zero-order valence-electron chi connectivity index (χ0n) is 28.1. The third-order valence-electron chi connectivity index (χ3n) is 9.46. The van der Waals surface area contributed by atoms with Crippen LogP contribution in [0.1, 0.15) is 48.4 Å². The topological polar surface area (TPSA) is 126 Å². The van der Waals surface area contributed by atoms with Crippen LogP contribution in [-0.4, -0.2) is 72.0 Å². The van der Waals surface area contributed by atoms with Gasteiger partial charge in [0.2, 0.25) is 0 Å². The number of carboxylic acid groups (broad SMARTS) is 1. The molecule has 0 spiro atoms. The average Bonchev–Trinajstić information content (AvgIpc) is 3.67. The van der Waals surface area contributed by atoms with E-state index in [1.54, 1.807) is 19.4 Å². The summed E-state index contributed by atoms with van der Waals surface area (Å²) in [5.74, 6) is 0.439. The minimum Gasteiger partial charge on any atom is -0.544 e. The number of nitrogens with one attached hydrogen (secondary N) is 2. The van der Waals surface area contributed by atoms with Gasteiger partial charge in [-0.3, -0.25) is 9.88 Å². The number of aromatic nitrogens is 1. The van der Waals surface area contributed by atoms with Crippen LogP contribution < -0.4 is 25.8 Å². The molecule has 0 radical (unpaired) electrons. The summed E-state index contributed by atoms with van der Waals surface area (Å²) in [4.78, 5) is 16.9. The van der Waals surface area contributed by atoms with E-state index < -0.39 is 41.2 Å². The number of ether oxygens (including phenoxy) is 1. The summed E-state index contributed by atoms with van der Waals surface area (Å²) in [7, 11) is 2.55. The van der Waals surface area contributed by atoms with E-state index >= 15 is 0 Å². The molecule has 4 fully saturated rings. The summed E-state index contributed by atoms with van der Waals surface area (Å²) in [5, 5.41) is 25.4. The van der Waals surface area contributed by atoms with Gasteiger partial charge in [-0.15, -0.1) is 6.58 Å². The highest BCUT2D eigenvalue weighted by Crippen LogP contribution is 2.43. The number of aliphatic hydroxyl groups is 1. The zero-order valence-corrected chi connectivity index (χ0v) is 28.9. The summed E-state index contributed by atoms with van der Waals surface area (Å²) >= 11 is 5.50. The molecule has 2 aromatic carbocycles. The molecule has 7 rings (SSSR count). The Morgan fingerprint density at radius 1 is 1.12 bits per heavy atom. The number of fused-ring (bicyclic) bond motifs is 4. The number of quaternary nitrogens is 1. The van der Waals surface area contributed by atoms with Crippen LogP contribution in [0.4, 0.5) is 32.0 Å². The van der Waals surface area contributed by atoms with Gasteiger partial charge >= 0.3 is 12.4 Å². The largest absolute Gasteiger partial charge is 0.544 e. The van der Waals surface area contributed by atoms with E-state index in [-0.39, 0.29) is 23.3 Å². The molecule has 4 aliphatic rings. The molecule has 9 nitrogen and oxygen atoms in total. The Bertz CT molecular complexity index is 1650. The fraction of sp³-hybridized carbons (Fsp3) is 0.457. The molecule has 4 aliphatic heterocycles. The lowest BCUT2D eigenvalue weighted by molar-refractivity contribution is -0.664. The molecule has 1 unspecified atom stereocenters. The highest BCUT2D eigenvalue weighted by atomic mass is 32.1. The molecule has 6 atom stereocenters. The van der Waals surface area contributed by atoms with Crippen molar-refractivity contribution in [3.8, 4) is 5.75 Å². The van der Waals surface area contributed by atoms with Gasteiger partial charge in [0.25, 0.3) is 0 Å². The minimum absolute atomic E-state index is 0.0475. The SMILES string of the molecule is C=C[C@H]1CN2CC[C@H]1C[C@@H]2[C@H](NC(=S)Nc1cc(C(F)(F)F)cc(C(F)(F)F)c1)c1ccnc2ccc(OC)cc12.CO.O=C([O-])[C@@H]1CCC[NH2+]1. The van der Waals surface area contributed by atoms with E-state index in [9.17, 15) is 36.2 Å². The molecule has 0 aliphatic carbocycles. The third-order valence-corrected chi connectivity index (χ3v) is 9.68. The number of benzene rings is 2. The highest BCUT2D eigenvalue weighted by molar-refractivity contribution is 7.80. The van der Waals surface area contributed by atoms with Crippen molar-refractivity contribution in [1.82, 2.24) is 15.2 Å². The van der Waals surface area contributed by atoms with E-state index in [1.807, 2.05) is 29.6 Å². The Labute approximate surface area is 297 Å². The summed E-state index contributed by atoms with van der Waals surface area (Å²) in [6, 6.07) is 7.89. The first-order valence-electron chi connectivity index (χ1n) is 16.3. The standard InChI is InChI=1S/C29H28F6N4OS.C5H9NO2.CH4O/c1-3-16-15-39-9-7-17(16)10-25(39)26(22-6-8-36-24-5-4-21(40-2)14-23(22)24)38-27(41)37-20-12-18(28(30,31)32)11-19(13-20)29(33,34)35;7-5(8)4-2-1-3-6-4;1-2/h3-6,8,11-14,16-17,25-26H,1,7,9-10,15H2,2H3,(H2,37,38,41);4,6H,1-3H2,(H,7,8);2H,1H3/t16-,17-,25+,26+;4-;/m00./s1. The molecular weight excluding hydrogens is 700 g/mol. The Balaban J connectivity index is 0.000000508. The summed E-state index contributed by atoms with van der Waals surface area (Å²) in [5.41, 5.74) is -1.71. The second-order valence-corrected chi connectivity index (χ2v) is 12.9. The van der Waals surface area contributed by atoms with E-state index in [1.165, 1.54) is 0 Å². The summed E-state index contributed by atoms with van der Waals surface area (Å²) in [6.45, 7) is 6.57. The number of hydrogen-bond donors (Lipinski definition) is 4. The quantitative estimate of drug-likeness (QED) is 0.160. The van der Waals surface area contributed by atoms with Crippen LogP contribution in [0.3, 0.4) is 0 Å². The van der Waals surface area contributed by atoms with Crippen LogP contribution in [0.5, 0.6) is 5.75 Å². The maximum atomic E-state index is 13.4. The second-order valence-electron chi connectivity index (χ2n) is 12.5. The predicted molar refractivity (Wildman–Crippen MR) is 182 cm³/mol. The van der Waals surface area contributed by atoms with E-state index in [2.05, 4.69) is 27.1 Å². The number of carbonyl (C=O) groups excluding carboxylic acids is 1. The van der Waals surface area contributed by atoms with Crippen molar-refractivity contribution in [2.75, 3.05) is 39.2 Å². The fourth-order valence-electron chi connectivity index (χ4n) is 6.97. The van der Waals surface area contributed by atoms with Gasteiger partial charge < -0.3 is 35.7 Å². The van der Waals surface area contributed by atoms with Gasteiger partial charge in [-0.05, 0) is 91.5 Å². The predicted octanol–water partition coefficient (Wildman–Crippen LogP) is 4.28. The molecule has 278 valence electrons. The van der Waals surface area contributed by atoms with Gasteiger partial charge in [0.15, 0.2) is 5.11 Å². The van der Waals surface area contributed by atoms with Crippen molar-refractivity contribution >= 4 is 39.9 Å². The molecule has 3 aromatic rings. The normalized spacial score (nSPS) is 23.2. The van der Waals surface area contributed by atoms with Crippen molar-refractivity contribution in [2.45, 2.75) is 56.2 Å². The molecule has 51 heavy (non-hydrogen) atoms. The van der Waals surface area contributed by atoms with Crippen molar-refractivity contribution in [3.63, 3.8) is 0 Å². The van der Waals surface area contributed by atoms with Crippen molar-refractivity contribution in [2.24, 2.45) is 11.8 Å². The summed E-state index contributed by atoms with van der Waals surface area (Å²) in [6.07, 6.45) is -2.69. The van der Waals surface area contributed by atoms with Crippen LogP contribution >= 0.6 is 12.2 Å². The molecule has 16 heteroatoms. The molecule has 2 bridgehead atoms. The van der Waals surface area contributed by atoms with Crippen molar-refractivity contribution in [3.05, 3.63) is 78.0 Å². The smallest absolute Gasteiger partial charge is 0.416 e. The Morgan fingerprint density at radius 3 is 2.31 bits per heavy atom. The molecule has 5 N–H and O–H groups in total. The van der Waals surface area contributed by atoms with Crippen LogP contribution in [0.25, 0.3) is 10.9 Å². The minimum atomic E-state index is -4.97. The monoisotopic (exact) mass is 741 g/mol. The van der Waals surface area contributed by atoms with Gasteiger partial charge in [-0.25, -0.2) is 0 Å². The van der Waals surface area contributed by atoms with E-state index in [0.29, 0.717) is 35.2 Å². The molecule has 4 saturated heterocycles. The second kappa shape index (κ2) is 17.0. The number of methoxy groups -OCH3 is 1. The first-order valence-corrected chi connectivity index (χ1v) is 16.7. The number of anilines is 1. The lowest BCUT2D eigenvalue weighted by Crippen LogP contribution is -2.89. The number of nitrogens with zero attached hydrogens (tertiary/aromatic N) is 2. The van der Waals surface area contributed by atoms with E-state index in [0.717, 1.165) is 63.4 Å². The van der Waals surface area contributed by atoms with Gasteiger partial charge in [-0.1, -0.05) is 6.08 Å². The number of carboxylic acids is 1. The number of aliphatic hydroxyl groups excluding tert-OH is 1. The number of aliphatic carboxylic acids is 1. The lowest BCUT2D eigenvalue weighted by Gasteiger charge is -2.52. The highest BCUT2D eigenvalue weighted by Gasteiger charge is 2.43. The molecular formula is C35H41F6N5O4S. The maximum absolute atomic E-state index is 13.4. The number of halogens is 6. The van der Waals surface area contributed by atoms with Crippen LogP contribution in [-0.2, 0) is 17.1 Å². The number of nitrogens with two attached hydrogens (primary N) is 1.